The lowest BCUT2D eigenvalue weighted by Crippen LogP contribution is -2.32. The van der Waals surface area contributed by atoms with Crippen LogP contribution in [0, 0.1) is 11.8 Å². The predicted molar refractivity (Wildman–Crippen MR) is 74.1 cm³/mol. The van der Waals surface area contributed by atoms with Gasteiger partial charge in [-0.15, -0.1) is 11.3 Å². The summed E-state index contributed by atoms with van der Waals surface area (Å²) in [7, 11) is 1.44. The maximum absolute atomic E-state index is 11.5. The number of nitrogens with one attached hydrogen (secondary N) is 1. The molecule has 0 spiro atoms. The van der Waals surface area contributed by atoms with Crippen LogP contribution in [0.5, 0.6) is 0 Å². The van der Waals surface area contributed by atoms with Crippen LogP contribution in [0.2, 0.25) is 0 Å². The molecule has 96 valence electrons. The Bertz CT molecular complexity index is 365. The summed E-state index contributed by atoms with van der Waals surface area (Å²) in [5.74, 6) is 0.0632. The number of methoxy groups -OCH3 is 1. The highest BCUT2D eigenvalue weighted by Crippen LogP contribution is 2.19. The standard InChI is InChI=1S/C12H18BrNO2S/c1-8(2)11(12(15)16-3)6-14-5-10-4-9(13)7-17-10/h4,7-8,11,14H,5-6H2,1-3H3. The van der Waals surface area contributed by atoms with Crippen molar-refractivity contribution in [1.29, 1.82) is 0 Å². The molecule has 5 heteroatoms. The number of thiophene rings is 1. The van der Waals surface area contributed by atoms with Gasteiger partial charge in [-0.3, -0.25) is 4.79 Å². The molecule has 1 N–H and O–H groups in total. The molecule has 1 heterocycles. The summed E-state index contributed by atoms with van der Waals surface area (Å²) in [6.07, 6.45) is 0. The van der Waals surface area contributed by atoms with E-state index in [4.69, 9.17) is 4.74 Å². The normalized spacial score (nSPS) is 12.8. The second kappa shape index (κ2) is 7.13. The van der Waals surface area contributed by atoms with Crippen LogP contribution in [-0.2, 0) is 16.1 Å². The van der Waals surface area contributed by atoms with E-state index < -0.39 is 0 Å². The van der Waals surface area contributed by atoms with Gasteiger partial charge in [0.2, 0.25) is 0 Å². The molecule has 0 bridgehead atoms. The lowest BCUT2D eigenvalue weighted by atomic mass is 9.96. The van der Waals surface area contributed by atoms with Gasteiger partial charge in [0.1, 0.15) is 0 Å². The number of hydrogen-bond donors (Lipinski definition) is 1. The van der Waals surface area contributed by atoms with Gasteiger partial charge in [0.25, 0.3) is 0 Å². The number of rotatable bonds is 6. The molecule has 0 saturated carbocycles. The summed E-state index contributed by atoms with van der Waals surface area (Å²) >= 11 is 5.12. The molecule has 0 saturated heterocycles. The molecule has 1 atom stereocenters. The van der Waals surface area contributed by atoms with Crippen molar-refractivity contribution >= 4 is 33.2 Å². The SMILES string of the molecule is COC(=O)C(CNCc1cc(Br)cs1)C(C)C. The summed E-state index contributed by atoms with van der Waals surface area (Å²) in [6.45, 7) is 5.51. The van der Waals surface area contributed by atoms with Crippen molar-refractivity contribution in [2.24, 2.45) is 11.8 Å². The molecule has 1 unspecified atom stereocenters. The van der Waals surface area contributed by atoms with Gasteiger partial charge in [-0.25, -0.2) is 0 Å². The van der Waals surface area contributed by atoms with Crippen molar-refractivity contribution in [2.75, 3.05) is 13.7 Å². The Morgan fingerprint density at radius 1 is 1.59 bits per heavy atom. The van der Waals surface area contributed by atoms with Crippen molar-refractivity contribution in [3.63, 3.8) is 0 Å². The van der Waals surface area contributed by atoms with Crippen molar-refractivity contribution < 1.29 is 9.53 Å². The molecule has 0 aromatic carbocycles. The van der Waals surface area contributed by atoms with Gasteiger partial charge in [0.15, 0.2) is 0 Å². The molecule has 3 nitrogen and oxygen atoms in total. The fourth-order valence-electron chi connectivity index (χ4n) is 1.54. The first-order valence-electron chi connectivity index (χ1n) is 5.56. The highest BCUT2D eigenvalue weighted by molar-refractivity contribution is 9.10. The molecule has 0 amide bonds. The minimum Gasteiger partial charge on any atom is -0.469 e. The minimum atomic E-state index is -0.139. The van der Waals surface area contributed by atoms with E-state index in [1.807, 2.05) is 13.8 Å². The lowest BCUT2D eigenvalue weighted by molar-refractivity contribution is -0.146. The first-order chi connectivity index (χ1) is 8.04. The zero-order valence-corrected chi connectivity index (χ0v) is 12.7. The van der Waals surface area contributed by atoms with Crippen LogP contribution in [0.15, 0.2) is 15.9 Å². The first-order valence-corrected chi connectivity index (χ1v) is 7.23. The number of ether oxygens (including phenoxy) is 1. The molecule has 0 fully saturated rings. The molecule has 0 aliphatic heterocycles. The Balaban J connectivity index is 2.39. The maximum Gasteiger partial charge on any atom is 0.310 e. The van der Waals surface area contributed by atoms with Gasteiger partial charge in [-0.05, 0) is 27.9 Å². The van der Waals surface area contributed by atoms with Crippen LogP contribution >= 0.6 is 27.3 Å². The van der Waals surface area contributed by atoms with E-state index in [0.717, 1.165) is 11.0 Å². The van der Waals surface area contributed by atoms with E-state index in [-0.39, 0.29) is 17.8 Å². The number of carbonyl (C=O) groups excluding carboxylic acids is 1. The number of halogens is 1. The second-order valence-electron chi connectivity index (χ2n) is 4.24. The van der Waals surface area contributed by atoms with Gasteiger partial charge in [0.05, 0.1) is 13.0 Å². The van der Waals surface area contributed by atoms with Gasteiger partial charge in [-0.2, -0.15) is 0 Å². The van der Waals surface area contributed by atoms with Crippen molar-refractivity contribution in [1.82, 2.24) is 5.32 Å². The Kier molecular flexibility index (Phi) is 6.16. The zero-order chi connectivity index (χ0) is 12.8. The van der Waals surface area contributed by atoms with Crippen molar-refractivity contribution in [3.05, 3.63) is 20.8 Å². The summed E-state index contributed by atoms with van der Waals surface area (Å²) in [5, 5.41) is 5.35. The van der Waals surface area contributed by atoms with E-state index in [9.17, 15) is 4.79 Å². The van der Waals surface area contributed by atoms with E-state index in [2.05, 4.69) is 32.7 Å². The molecule has 1 aromatic rings. The summed E-state index contributed by atoms with van der Waals surface area (Å²) in [6, 6.07) is 2.08. The Hall–Kier alpha value is -0.390. The average molecular weight is 320 g/mol. The molecular formula is C12H18BrNO2S. The molecule has 17 heavy (non-hydrogen) atoms. The third-order valence-corrected chi connectivity index (χ3v) is 4.29. The van der Waals surface area contributed by atoms with Gasteiger partial charge in [0, 0.05) is 27.8 Å². The van der Waals surface area contributed by atoms with Gasteiger partial charge < -0.3 is 10.1 Å². The average Bonchev–Trinajstić information content (AvgIpc) is 2.69. The Morgan fingerprint density at radius 3 is 2.76 bits per heavy atom. The largest absolute Gasteiger partial charge is 0.469 e. The molecule has 0 aliphatic rings. The van der Waals surface area contributed by atoms with Gasteiger partial charge in [-0.1, -0.05) is 13.8 Å². The number of hydrogen-bond acceptors (Lipinski definition) is 4. The summed E-state index contributed by atoms with van der Waals surface area (Å²) < 4.78 is 5.90. The third-order valence-electron chi connectivity index (χ3n) is 2.59. The van der Waals surface area contributed by atoms with E-state index >= 15 is 0 Å². The molecule has 0 radical (unpaired) electrons. The summed E-state index contributed by atoms with van der Waals surface area (Å²) in [4.78, 5) is 12.8. The minimum absolute atomic E-state index is 0.0802. The van der Waals surface area contributed by atoms with Gasteiger partial charge >= 0.3 is 5.97 Å². The number of carbonyl (C=O) groups is 1. The second-order valence-corrected chi connectivity index (χ2v) is 6.15. The summed E-state index contributed by atoms with van der Waals surface area (Å²) in [5.41, 5.74) is 0. The smallest absolute Gasteiger partial charge is 0.310 e. The van der Waals surface area contributed by atoms with Crippen LogP contribution in [0.4, 0.5) is 0 Å². The van der Waals surface area contributed by atoms with Crippen LogP contribution < -0.4 is 5.32 Å². The molecule has 0 aliphatic carbocycles. The lowest BCUT2D eigenvalue weighted by Gasteiger charge is -2.18. The quantitative estimate of drug-likeness (QED) is 0.819. The van der Waals surface area contributed by atoms with E-state index in [1.165, 1.54) is 12.0 Å². The van der Waals surface area contributed by atoms with E-state index in [0.29, 0.717) is 6.54 Å². The van der Waals surface area contributed by atoms with Crippen LogP contribution in [-0.4, -0.2) is 19.6 Å². The maximum atomic E-state index is 11.5. The monoisotopic (exact) mass is 319 g/mol. The molecular weight excluding hydrogens is 302 g/mol. The van der Waals surface area contributed by atoms with Crippen molar-refractivity contribution in [3.8, 4) is 0 Å². The first kappa shape index (κ1) is 14.7. The fourth-order valence-corrected chi connectivity index (χ4v) is 2.96. The van der Waals surface area contributed by atoms with Crippen LogP contribution in [0.3, 0.4) is 0 Å². The third kappa shape index (κ3) is 4.77. The highest BCUT2D eigenvalue weighted by atomic mass is 79.9. The van der Waals surface area contributed by atoms with Crippen molar-refractivity contribution in [2.45, 2.75) is 20.4 Å². The van der Waals surface area contributed by atoms with Crippen LogP contribution in [0.25, 0.3) is 0 Å². The molecule has 1 aromatic heterocycles. The van der Waals surface area contributed by atoms with Crippen LogP contribution in [0.1, 0.15) is 18.7 Å². The zero-order valence-electron chi connectivity index (χ0n) is 10.3. The topological polar surface area (TPSA) is 38.3 Å². The Morgan fingerprint density at radius 2 is 2.29 bits per heavy atom. The fraction of sp³-hybridized carbons (Fsp3) is 0.583. The van der Waals surface area contributed by atoms with E-state index in [1.54, 1.807) is 11.3 Å². The Labute approximate surface area is 115 Å². The number of esters is 1. The predicted octanol–water partition coefficient (Wildman–Crippen LogP) is 3.05. The molecule has 1 rings (SSSR count). The highest BCUT2D eigenvalue weighted by Gasteiger charge is 2.22.